The number of aryl methyl sites for hydroxylation is 2. The molecule has 0 spiro atoms. The van der Waals surface area contributed by atoms with Crippen molar-refractivity contribution in [1.29, 1.82) is 0 Å². The summed E-state index contributed by atoms with van der Waals surface area (Å²) in [6.07, 6.45) is 0. The summed E-state index contributed by atoms with van der Waals surface area (Å²) >= 11 is 0. The van der Waals surface area contributed by atoms with Gasteiger partial charge in [-0.15, -0.1) is 0 Å². The minimum atomic E-state index is -0.484. The molecule has 4 rings (SSSR count). The number of hydrogen-bond donors (Lipinski definition) is 0. The van der Waals surface area contributed by atoms with Crippen molar-refractivity contribution in [2.75, 3.05) is 23.5 Å². The number of fused-ring (bicyclic) bond motifs is 2. The highest BCUT2D eigenvalue weighted by Gasteiger charge is 2.34. The van der Waals surface area contributed by atoms with Crippen LogP contribution in [0.1, 0.15) is 0 Å². The molecule has 0 saturated carbocycles. The maximum absolute atomic E-state index is 12.6. The van der Waals surface area contributed by atoms with E-state index in [0.717, 1.165) is 9.13 Å². The molecular weight excluding hydrogens is 368 g/mol. The van der Waals surface area contributed by atoms with E-state index in [1.54, 1.807) is 35.5 Å². The predicted molar refractivity (Wildman–Crippen MR) is 104 cm³/mol. The summed E-state index contributed by atoms with van der Waals surface area (Å²) in [6.45, 7) is 0.257. The van der Waals surface area contributed by atoms with Crippen molar-refractivity contribution in [3.8, 4) is 0 Å². The van der Waals surface area contributed by atoms with Gasteiger partial charge in [-0.1, -0.05) is 0 Å². The van der Waals surface area contributed by atoms with Crippen molar-refractivity contribution >= 4 is 28.6 Å². The van der Waals surface area contributed by atoms with E-state index in [1.807, 2.05) is 0 Å². The summed E-state index contributed by atoms with van der Waals surface area (Å²) in [6, 6.07) is 0. The highest BCUT2D eigenvalue weighted by Crippen LogP contribution is 2.36. The Labute approximate surface area is 157 Å². The summed E-state index contributed by atoms with van der Waals surface area (Å²) in [5, 5.41) is 0. The molecule has 12 heteroatoms. The third kappa shape index (κ3) is 1.96. The first kappa shape index (κ1) is 17.8. The van der Waals surface area contributed by atoms with E-state index in [-0.39, 0.29) is 17.8 Å². The fourth-order valence-corrected chi connectivity index (χ4v) is 3.71. The lowest BCUT2D eigenvalue weighted by atomic mass is 10.4. The molecule has 148 valence electrons. The van der Waals surface area contributed by atoms with Gasteiger partial charge in [-0.25, -0.2) is 9.59 Å². The molecule has 28 heavy (non-hydrogen) atoms. The van der Waals surface area contributed by atoms with Gasteiger partial charge in [0.2, 0.25) is 5.95 Å². The number of aromatic nitrogens is 6. The average Bonchev–Trinajstić information content (AvgIpc) is 3.18. The first-order valence-electron chi connectivity index (χ1n) is 8.49. The highest BCUT2D eigenvalue weighted by atomic mass is 16.2. The van der Waals surface area contributed by atoms with Crippen LogP contribution >= 0.6 is 0 Å². The molecule has 0 N–H and O–H groups in total. The Bertz CT molecular complexity index is 1400. The number of nitrogens with zero attached hydrogens (tertiary/aromatic N) is 8. The van der Waals surface area contributed by atoms with Crippen LogP contribution in [0.5, 0.6) is 0 Å². The van der Waals surface area contributed by atoms with Crippen LogP contribution in [0.2, 0.25) is 0 Å². The lowest BCUT2D eigenvalue weighted by Gasteiger charge is -2.19. The SMILES string of the molecule is CN1CN(c2nc3c(c(=O)n(C)c(=O)n3C)n2C)c2c1c(=O)n(C)c(=O)n2C. The van der Waals surface area contributed by atoms with Crippen molar-refractivity contribution in [3.05, 3.63) is 41.7 Å². The van der Waals surface area contributed by atoms with Gasteiger partial charge in [0.05, 0.1) is 6.67 Å². The van der Waals surface area contributed by atoms with Crippen LogP contribution in [0.4, 0.5) is 17.5 Å². The molecule has 0 atom stereocenters. The maximum Gasteiger partial charge on any atom is 0.332 e. The third-order valence-electron chi connectivity index (χ3n) is 5.29. The molecule has 4 heterocycles. The fraction of sp³-hybridized carbons (Fsp3) is 0.438. The summed E-state index contributed by atoms with van der Waals surface area (Å²) < 4.78 is 6.30. The van der Waals surface area contributed by atoms with Gasteiger partial charge in [0, 0.05) is 42.3 Å². The van der Waals surface area contributed by atoms with E-state index in [4.69, 9.17) is 0 Å². The van der Waals surface area contributed by atoms with Crippen LogP contribution in [0.3, 0.4) is 0 Å². The summed E-state index contributed by atoms with van der Waals surface area (Å²) in [5.41, 5.74) is -0.984. The van der Waals surface area contributed by atoms with Crippen molar-refractivity contribution < 1.29 is 0 Å². The predicted octanol–water partition coefficient (Wildman–Crippen LogP) is -2.09. The van der Waals surface area contributed by atoms with Gasteiger partial charge >= 0.3 is 11.4 Å². The van der Waals surface area contributed by atoms with Gasteiger partial charge in [0.25, 0.3) is 11.1 Å². The van der Waals surface area contributed by atoms with Crippen LogP contribution in [0.25, 0.3) is 11.2 Å². The van der Waals surface area contributed by atoms with Crippen molar-refractivity contribution in [1.82, 2.24) is 27.8 Å². The molecule has 3 aromatic heterocycles. The lowest BCUT2D eigenvalue weighted by molar-refractivity contribution is 0.689. The monoisotopic (exact) mass is 388 g/mol. The van der Waals surface area contributed by atoms with Gasteiger partial charge in [0.1, 0.15) is 5.69 Å². The first-order valence-corrected chi connectivity index (χ1v) is 8.49. The number of rotatable bonds is 1. The number of hydrogen-bond acceptors (Lipinski definition) is 7. The molecule has 0 aliphatic carbocycles. The summed E-state index contributed by atoms with van der Waals surface area (Å²) in [7, 11) is 9.34. The normalized spacial score (nSPS) is 13.6. The summed E-state index contributed by atoms with van der Waals surface area (Å²) in [4.78, 5) is 57.8. The van der Waals surface area contributed by atoms with Crippen LogP contribution in [-0.2, 0) is 35.2 Å². The highest BCUT2D eigenvalue weighted by molar-refractivity contribution is 5.81. The fourth-order valence-electron chi connectivity index (χ4n) is 3.71. The van der Waals surface area contributed by atoms with E-state index in [0.29, 0.717) is 17.5 Å². The van der Waals surface area contributed by atoms with Gasteiger partial charge in [-0.05, 0) is 0 Å². The number of imidazole rings is 1. The van der Waals surface area contributed by atoms with Crippen LogP contribution in [0, 0.1) is 0 Å². The zero-order chi connectivity index (χ0) is 20.7. The molecule has 3 aromatic rings. The Morgan fingerprint density at radius 2 is 1.29 bits per heavy atom. The van der Waals surface area contributed by atoms with Crippen LogP contribution in [-0.4, -0.2) is 41.5 Å². The molecular formula is C16H20N8O4. The molecule has 0 saturated heterocycles. The Balaban J connectivity index is 2.10. The molecule has 12 nitrogen and oxygen atoms in total. The Kier molecular flexibility index (Phi) is 3.48. The Hall–Kier alpha value is -3.57. The van der Waals surface area contributed by atoms with E-state index in [2.05, 4.69) is 4.98 Å². The Morgan fingerprint density at radius 1 is 0.714 bits per heavy atom. The van der Waals surface area contributed by atoms with E-state index < -0.39 is 22.5 Å². The molecule has 0 unspecified atom stereocenters. The van der Waals surface area contributed by atoms with E-state index in [9.17, 15) is 19.2 Å². The summed E-state index contributed by atoms with van der Waals surface area (Å²) in [5.74, 6) is 0.734. The molecule has 1 aliphatic rings. The zero-order valence-electron chi connectivity index (χ0n) is 16.4. The quantitative estimate of drug-likeness (QED) is 0.470. The second kappa shape index (κ2) is 5.47. The number of anilines is 3. The van der Waals surface area contributed by atoms with Gasteiger partial charge in [-0.3, -0.25) is 32.8 Å². The third-order valence-corrected chi connectivity index (χ3v) is 5.29. The first-order chi connectivity index (χ1) is 13.1. The van der Waals surface area contributed by atoms with Crippen LogP contribution in [0.15, 0.2) is 19.2 Å². The molecule has 0 fully saturated rings. The largest absolute Gasteiger partial charge is 0.349 e. The minimum Gasteiger partial charge on any atom is -0.349 e. The molecule has 1 aliphatic heterocycles. The Morgan fingerprint density at radius 3 is 1.93 bits per heavy atom. The van der Waals surface area contributed by atoms with Gasteiger partial charge in [-0.2, -0.15) is 4.98 Å². The molecule has 0 amide bonds. The molecule has 0 radical (unpaired) electrons. The van der Waals surface area contributed by atoms with Crippen molar-refractivity contribution in [3.63, 3.8) is 0 Å². The average molecular weight is 388 g/mol. The maximum atomic E-state index is 12.6. The van der Waals surface area contributed by atoms with Gasteiger partial charge in [0.15, 0.2) is 17.0 Å². The second-order valence-electron chi connectivity index (χ2n) is 6.99. The van der Waals surface area contributed by atoms with Crippen LogP contribution < -0.4 is 32.3 Å². The van der Waals surface area contributed by atoms with E-state index in [1.165, 1.54) is 30.3 Å². The standard InChI is InChI=1S/C16H20N8O4/c1-18-7-24(11-9(18)13(26)23(6)16(28)21(11)4)14-17-10-8(19(14)2)12(25)22(5)15(27)20(10)3/h7H2,1-6H3. The zero-order valence-corrected chi connectivity index (χ0v) is 16.4. The smallest absolute Gasteiger partial charge is 0.332 e. The topological polar surface area (TPSA) is 112 Å². The van der Waals surface area contributed by atoms with Crippen molar-refractivity contribution in [2.45, 2.75) is 0 Å². The van der Waals surface area contributed by atoms with Gasteiger partial charge < -0.3 is 9.47 Å². The molecule has 0 aromatic carbocycles. The lowest BCUT2D eigenvalue weighted by Crippen LogP contribution is -2.38. The second-order valence-corrected chi connectivity index (χ2v) is 6.99. The molecule has 0 bridgehead atoms. The van der Waals surface area contributed by atoms with E-state index >= 15 is 0 Å². The van der Waals surface area contributed by atoms with Crippen molar-refractivity contribution in [2.24, 2.45) is 35.2 Å². The minimum absolute atomic E-state index is 0.232.